The first-order chi connectivity index (χ1) is 7.63. The third-order valence-electron chi connectivity index (χ3n) is 2.01. The molecular weight excluding hydrogens is 292 g/mol. The number of benzene rings is 1. The van der Waals surface area contributed by atoms with Crippen molar-refractivity contribution in [1.29, 1.82) is 0 Å². The summed E-state index contributed by atoms with van der Waals surface area (Å²) in [6.07, 6.45) is 0.897. The summed E-state index contributed by atoms with van der Waals surface area (Å²) in [6, 6.07) is 7.34. The Hall–Kier alpha value is -0.680. The molecule has 16 heavy (non-hydrogen) atoms. The monoisotopic (exact) mass is 304 g/mol. The lowest BCUT2D eigenvalue weighted by atomic mass is 10.3. The van der Waals surface area contributed by atoms with E-state index in [2.05, 4.69) is 20.7 Å². The molecule has 0 heterocycles. The Morgan fingerprint density at radius 3 is 2.56 bits per heavy atom. The van der Waals surface area contributed by atoms with Crippen molar-refractivity contribution in [1.82, 2.24) is 0 Å². The molecular formula is C11H13BrO3S. The van der Waals surface area contributed by atoms with Gasteiger partial charge in [0.2, 0.25) is 0 Å². The molecule has 0 aromatic heterocycles. The minimum atomic E-state index is -1.04. The molecule has 0 bridgehead atoms. The molecule has 1 aromatic carbocycles. The molecule has 0 fully saturated rings. The fraction of sp³-hybridized carbons (Fsp3) is 0.364. The van der Waals surface area contributed by atoms with Crippen molar-refractivity contribution in [2.24, 2.45) is 0 Å². The summed E-state index contributed by atoms with van der Waals surface area (Å²) >= 11 is 3.32. The summed E-state index contributed by atoms with van der Waals surface area (Å²) in [6.45, 7) is 0. The van der Waals surface area contributed by atoms with Crippen molar-refractivity contribution in [3.05, 3.63) is 28.7 Å². The molecule has 1 unspecified atom stereocenters. The van der Waals surface area contributed by atoms with Crippen LogP contribution in [-0.2, 0) is 20.3 Å². The van der Waals surface area contributed by atoms with E-state index >= 15 is 0 Å². The van der Waals surface area contributed by atoms with Crippen LogP contribution in [-0.4, -0.2) is 23.0 Å². The van der Waals surface area contributed by atoms with Crippen molar-refractivity contribution in [3.8, 4) is 0 Å². The predicted octanol–water partition coefficient (Wildman–Crippen LogP) is 2.51. The maximum Gasteiger partial charge on any atom is 0.305 e. The van der Waals surface area contributed by atoms with Gasteiger partial charge in [-0.25, -0.2) is 0 Å². The number of esters is 1. The van der Waals surface area contributed by atoms with E-state index in [1.165, 1.54) is 7.11 Å². The zero-order valence-electron chi connectivity index (χ0n) is 8.94. The van der Waals surface area contributed by atoms with Crippen molar-refractivity contribution >= 4 is 32.7 Å². The number of halogens is 1. The summed E-state index contributed by atoms with van der Waals surface area (Å²) in [5.74, 6) is 0.226. The molecule has 0 N–H and O–H groups in total. The van der Waals surface area contributed by atoms with Crippen LogP contribution in [0.2, 0.25) is 0 Å². The number of rotatable bonds is 5. The third-order valence-corrected chi connectivity index (χ3v) is 4.00. The first-order valence-corrected chi connectivity index (χ1v) is 6.95. The summed E-state index contributed by atoms with van der Waals surface area (Å²) < 4.78 is 17.2. The average Bonchev–Trinajstić information content (AvgIpc) is 2.29. The van der Waals surface area contributed by atoms with Gasteiger partial charge in [-0.2, -0.15) is 0 Å². The SMILES string of the molecule is COC(=O)CCCS(=O)c1ccc(Br)cc1. The van der Waals surface area contributed by atoms with Gasteiger partial charge in [-0.3, -0.25) is 9.00 Å². The van der Waals surface area contributed by atoms with Crippen LogP contribution >= 0.6 is 15.9 Å². The van der Waals surface area contributed by atoms with Crippen LogP contribution in [0.5, 0.6) is 0 Å². The fourth-order valence-corrected chi connectivity index (χ4v) is 2.50. The molecule has 0 aliphatic carbocycles. The third kappa shape index (κ3) is 4.45. The second-order valence-electron chi connectivity index (χ2n) is 3.18. The van der Waals surface area contributed by atoms with E-state index in [9.17, 15) is 9.00 Å². The Kier molecular flexibility index (Phi) is 5.69. The van der Waals surface area contributed by atoms with Gasteiger partial charge in [0.15, 0.2) is 0 Å². The van der Waals surface area contributed by atoms with Gasteiger partial charge >= 0.3 is 5.97 Å². The van der Waals surface area contributed by atoms with Gasteiger partial charge in [-0.15, -0.1) is 0 Å². The van der Waals surface area contributed by atoms with Crippen molar-refractivity contribution < 1.29 is 13.7 Å². The smallest absolute Gasteiger partial charge is 0.305 e. The largest absolute Gasteiger partial charge is 0.469 e. The molecule has 1 atom stereocenters. The number of ether oxygens (including phenoxy) is 1. The Labute approximate surface area is 106 Å². The highest BCUT2D eigenvalue weighted by molar-refractivity contribution is 9.10. The van der Waals surface area contributed by atoms with Crippen LogP contribution in [0, 0.1) is 0 Å². The van der Waals surface area contributed by atoms with Gasteiger partial charge in [0, 0.05) is 21.5 Å². The van der Waals surface area contributed by atoms with Crippen LogP contribution in [0.3, 0.4) is 0 Å². The van der Waals surface area contributed by atoms with Gasteiger partial charge in [-0.1, -0.05) is 15.9 Å². The second kappa shape index (κ2) is 6.81. The summed E-state index contributed by atoms with van der Waals surface area (Å²) in [5.41, 5.74) is 0. The average molecular weight is 305 g/mol. The Bertz CT molecular complexity index is 375. The second-order valence-corrected chi connectivity index (χ2v) is 5.67. The van der Waals surface area contributed by atoms with Gasteiger partial charge in [0.1, 0.15) is 0 Å². The molecule has 3 nitrogen and oxygen atoms in total. The molecule has 0 radical (unpaired) electrons. The Balaban J connectivity index is 2.41. The topological polar surface area (TPSA) is 43.4 Å². The van der Waals surface area contributed by atoms with E-state index in [1.54, 1.807) is 0 Å². The maximum absolute atomic E-state index is 11.8. The zero-order valence-corrected chi connectivity index (χ0v) is 11.3. The lowest BCUT2D eigenvalue weighted by Gasteiger charge is -2.02. The minimum Gasteiger partial charge on any atom is -0.469 e. The quantitative estimate of drug-likeness (QED) is 0.785. The van der Waals surface area contributed by atoms with Crippen molar-refractivity contribution in [3.63, 3.8) is 0 Å². The highest BCUT2D eigenvalue weighted by Crippen LogP contribution is 2.14. The van der Waals surface area contributed by atoms with Gasteiger partial charge in [-0.05, 0) is 30.7 Å². The lowest BCUT2D eigenvalue weighted by Crippen LogP contribution is -2.04. The van der Waals surface area contributed by atoms with Crippen LogP contribution in [0.15, 0.2) is 33.6 Å². The van der Waals surface area contributed by atoms with E-state index in [0.717, 1.165) is 9.37 Å². The Morgan fingerprint density at radius 1 is 1.38 bits per heavy atom. The van der Waals surface area contributed by atoms with Gasteiger partial charge < -0.3 is 4.74 Å². The molecule has 1 aromatic rings. The molecule has 0 amide bonds. The number of hydrogen-bond acceptors (Lipinski definition) is 3. The Morgan fingerprint density at radius 2 is 2.00 bits per heavy atom. The first kappa shape index (κ1) is 13.4. The van der Waals surface area contributed by atoms with E-state index in [0.29, 0.717) is 18.6 Å². The molecule has 0 aliphatic rings. The molecule has 0 saturated carbocycles. The standard InChI is InChI=1S/C11H13BrO3S/c1-15-11(13)3-2-8-16(14)10-6-4-9(12)5-7-10/h4-7H,2-3,8H2,1H3. The summed E-state index contributed by atoms with van der Waals surface area (Å²) in [4.78, 5) is 11.6. The van der Waals surface area contributed by atoms with E-state index in [1.807, 2.05) is 24.3 Å². The number of carbonyl (C=O) groups is 1. The number of hydrogen-bond donors (Lipinski definition) is 0. The molecule has 0 aliphatic heterocycles. The molecule has 1 rings (SSSR count). The molecule has 0 spiro atoms. The summed E-state index contributed by atoms with van der Waals surface area (Å²) in [5, 5.41) is 0. The fourth-order valence-electron chi connectivity index (χ4n) is 1.15. The van der Waals surface area contributed by atoms with E-state index in [-0.39, 0.29) is 5.97 Å². The highest BCUT2D eigenvalue weighted by atomic mass is 79.9. The molecule has 88 valence electrons. The lowest BCUT2D eigenvalue weighted by molar-refractivity contribution is -0.140. The van der Waals surface area contributed by atoms with Crippen LogP contribution in [0.1, 0.15) is 12.8 Å². The maximum atomic E-state index is 11.8. The minimum absolute atomic E-state index is 0.257. The van der Waals surface area contributed by atoms with Gasteiger partial charge in [0.05, 0.1) is 17.9 Å². The molecule has 5 heteroatoms. The zero-order chi connectivity index (χ0) is 12.0. The number of carbonyl (C=O) groups excluding carboxylic acids is 1. The number of methoxy groups -OCH3 is 1. The van der Waals surface area contributed by atoms with E-state index < -0.39 is 10.8 Å². The van der Waals surface area contributed by atoms with Crippen LogP contribution in [0.4, 0.5) is 0 Å². The van der Waals surface area contributed by atoms with Crippen LogP contribution in [0.25, 0.3) is 0 Å². The van der Waals surface area contributed by atoms with Crippen molar-refractivity contribution in [2.45, 2.75) is 17.7 Å². The normalized spacial score (nSPS) is 12.1. The van der Waals surface area contributed by atoms with Gasteiger partial charge in [0.25, 0.3) is 0 Å². The summed E-state index contributed by atoms with van der Waals surface area (Å²) in [7, 11) is 0.316. The highest BCUT2D eigenvalue weighted by Gasteiger charge is 2.05. The van der Waals surface area contributed by atoms with Crippen LogP contribution < -0.4 is 0 Å². The predicted molar refractivity (Wildman–Crippen MR) is 66.7 cm³/mol. The molecule has 0 saturated heterocycles. The van der Waals surface area contributed by atoms with Crippen molar-refractivity contribution in [2.75, 3.05) is 12.9 Å². The first-order valence-electron chi connectivity index (χ1n) is 4.84. The van der Waals surface area contributed by atoms with E-state index in [4.69, 9.17) is 0 Å².